The van der Waals surface area contributed by atoms with Crippen molar-refractivity contribution >= 4 is 21.7 Å². The molecule has 0 bridgehead atoms. The number of hydrogen-bond acceptors (Lipinski definition) is 2. The maximum Gasteiger partial charge on any atom is 0.147 e. The first kappa shape index (κ1) is 18.5. The van der Waals surface area contributed by atoms with Crippen molar-refractivity contribution < 1.29 is 9.53 Å². The van der Waals surface area contributed by atoms with Crippen LogP contribution >= 0.6 is 15.9 Å². The van der Waals surface area contributed by atoms with Crippen LogP contribution in [0.1, 0.15) is 65.2 Å². The minimum Gasteiger partial charge on any atom is -0.381 e. The van der Waals surface area contributed by atoms with Crippen molar-refractivity contribution in [2.24, 2.45) is 46.8 Å². The second kappa shape index (κ2) is 6.93. The van der Waals surface area contributed by atoms with Crippen molar-refractivity contribution in [2.45, 2.75) is 71.3 Å². The molecule has 4 saturated carbocycles. The van der Waals surface area contributed by atoms with E-state index in [9.17, 15) is 4.79 Å². The fraction of sp³-hybridized carbons (Fsp3) is 0.955. The van der Waals surface area contributed by atoms with Crippen LogP contribution in [0.25, 0.3) is 0 Å². The van der Waals surface area contributed by atoms with Crippen LogP contribution in [0, 0.1) is 46.8 Å². The highest BCUT2D eigenvalue weighted by molar-refractivity contribution is 9.09. The second-order valence-corrected chi connectivity index (χ2v) is 10.5. The molecule has 4 rings (SSSR count). The minimum absolute atomic E-state index is 0.279. The zero-order chi connectivity index (χ0) is 17.8. The molecule has 0 spiro atoms. The fourth-order valence-corrected chi connectivity index (χ4v) is 8.36. The molecule has 4 fully saturated rings. The van der Waals surface area contributed by atoms with Crippen LogP contribution in [0.5, 0.6) is 0 Å². The summed E-state index contributed by atoms with van der Waals surface area (Å²) >= 11 is 3.44. The van der Waals surface area contributed by atoms with Crippen LogP contribution < -0.4 is 0 Å². The van der Waals surface area contributed by atoms with Crippen LogP contribution in [-0.4, -0.2) is 24.3 Å². The van der Waals surface area contributed by atoms with E-state index >= 15 is 0 Å². The number of alkyl halides is 1. The van der Waals surface area contributed by atoms with Gasteiger partial charge in [-0.25, -0.2) is 0 Å². The van der Waals surface area contributed by atoms with E-state index < -0.39 is 0 Å². The van der Waals surface area contributed by atoms with E-state index in [0.717, 1.165) is 41.9 Å². The molecule has 9 atom stereocenters. The molecule has 142 valence electrons. The van der Waals surface area contributed by atoms with Crippen molar-refractivity contribution in [3.63, 3.8) is 0 Å². The van der Waals surface area contributed by atoms with E-state index in [2.05, 4.69) is 29.8 Å². The van der Waals surface area contributed by atoms with Gasteiger partial charge in [0.2, 0.25) is 0 Å². The number of rotatable bonds is 3. The number of fused-ring (bicyclic) bond motifs is 5. The topological polar surface area (TPSA) is 26.3 Å². The molecule has 9 unspecified atom stereocenters. The van der Waals surface area contributed by atoms with E-state index in [1.54, 1.807) is 0 Å². The highest BCUT2D eigenvalue weighted by Crippen LogP contribution is 2.64. The Morgan fingerprint density at radius 3 is 2.60 bits per heavy atom. The number of ether oxygens (including phenoxy) is 1. The van der Waals surface area contributed by atoms with Gasteiger partial charge in [-0.1, -0.05) is 29.8 Å². The molecule has 25 heavy (non-hydrogen) atoms. The molecule has 0 radical (unpaired) electrons. The SMILES string of the molecule is COC1CC2C(CCC3C2CCC2(C)C(C(=O)CBr)CCC32)CC1C. The van der Waals surface area contributed by atoms with Crippen LogP contribution in [0.3, 0.4) is 0 Å². The molecule has 0 amide bonds. The summed E-state index contributed by atoms with van der Waals surface area (Å²) in [5.74, 6) is 5.89. The minimum atomic E-state index is 0.279. The number of ketones is 1. The molecule has 0 aromatic rings. The zero-order valence-corrected chi connectivity index (χ0v) is 17.8. The van der Waals surface area contributed by atoms with Crippen molar-refractivity contribution in [1.82, 2.24) is 0 Å². The largest absolute Gasteiger partial charge is 0.381 e. The monoisotopic (exact) mass is 410 g/mol. The number of methoxy groups -OCH3 is 1. The Kier molecular flexibility index (Phi) is 5.12. The van der Waals surface area contributed by atoms with E-state index in [-0.39, 0.29) is 5.41 Å². The second-order valence-electron chi connectivity index (χ2n) is 9.93. The summed E-state index contributed by atoms with van der Waals surface area (Å²) in [4.78, 5) is 12.5. The molecule has 0 heterocycles. The highest BCUT2D eigenvalue weighted by Gasteiger charge is 2.58. The predicted molar refractivity (Wildman–Crippen MR) is 105 cm³/mol. The van der Waals surface area contributed by atoms with Crippen LogP contribution in [-0.2, 0) is 9.53 Å². The van der Waals surface area contributed by atoms with Crippen LogP contribution in [0.4, 0.5) is 0 Å². The molecular formula is C22H35BrO2. The quantitative estimate of drug-likeness (QED) is 0.575. The lowest BCUT2D eigenvalue weighted by Crippen LogP contribution is -2.51. The summed E-state index contributed by atoms with van der Waals surface area (Å²) in [5, 5.41) is 0.548. The first-order chi connectivity index (χ1) is 12.0. The molecule has 0 aromatic heterocycles. The molecule has 4 aliphatic rings. The molecule has 0 aliphatic heterocycles. The summed E-state index contributed by atoms with van der Waals surface area (Å²) in [6.07, 6.45) is 11.1. The Hall–Kier alpha value is 0.110. The van der Waals surface area contributed by atoms with Crippen molar-refractivity contribution in [3.8, 4) is 0 Å². The number of carbonyl (C=O) groups is 1. The predicted octanol–water partition coefficient (Wildman–Crippen LogP) is 5.48. The smallest absolute Gasteiger partial charge is 0.147 e. The summed E-state index contributed by atoms with van der Waals surface area (Å²) in [6.45, 7) is 4.85. The van der Waals surface area contributed by atoms with Gasteiger partial charge < -0.3 is 4.74 Å². The molecule has 2 nitrogen and oxygen atoms in total. The third-order valence-electron chi connectivity index (χ3n) is 9.16. The average molecular weight is 411 g/mol. The molecular weight excluding hydrogens is 376 g/mol. The summed E-state index contributed by atoms with van der Waals surface area (Å²) in [6, 6.07) is 0. The van der Waals surface area contributed by atoms with Gasteiger partial charge in [0.25, 0.3) is 0 Å². The third-order valence-corrected chi connectivity index (χ3v) is 9.71. The van der Waals surface area contributed by atoms with Crippen molar-refractivity contribution in [1.29, 1.82) is 0 Å². The van der Waals surface area contributed by atoms with Gasteiger partial charge in [0, 0.05) is 13.0 Å². The number of Topliss-reactive ketones (excluding diaryl/α,β-unsaturated/α-hetero) is 1. The van der Waals surface area contributed by atoms with Gasteiger partial charge in [0.15, 0.2) is 0 Å². The summed E-state index contributed by atoms with van der Waals surface area (Å²) in [7, 11) is 1.91. The van der Waals surface area contributed by atoms with Crippen molar-refractivity contribution in [2.75, 3.05) is 12.4 Å². The van der Waals surface area contributed by atoms with E-state index in [1.807, 2.05) is 7.11 Å². The Morgan fingerprint density at radius 2 is 1.88 bits per heavy atom. The number of carbonyl (C=O) groups excluding carboxylic acids is 1. The standard InChI is InChI=1S/C22H35BrO2/c1-13-10-14-4-5-16-15(17(14)11-21(13)25-3)8-9-22(2)18(16)6-7-19(22)20(24)12-23/h13-19,21H,4-12H2,1-3H3. The van der Waals surface area contributed by atoms with E-state index in [4.69, 9.17) is 4.74 Å². The van der Waals surface area contributed by atoms with Crippen LogP contribution in [0.2, 0.25) is 0 Å². The Balaban J connectivity index is 1.55. The van der Waals surface area contributed by atoms with E-state index in [1.165, 1.54) is 44.9 Å². The zero-order valence-electron chi connectivity index (χ0n) is 16.2. The Morgan fingerprint density at radius 1 is 1.08 bits per heavy atom. The highest BCUT2D eigenvalue weighted by atomic mass is 79.9. The number of halogens is 1. The van der Waals surface area contributed by atoms with E-state index in [0.29, 0.717) is 23.1 Å². The maximum atomic E-state index is 12.5. The van der Waals surface area contributed by atoms with Gasteiger partial charge in [-0.05, 0) is 92.3 Å². The Labute approximate surface area is 162 Å². The molecule has 0 aromatic carbocycles. The lowest BCUT2D eigenvalue weighted by atomic mass is 9.49. The normalized spacial score (nSPS) is 52.2. The molecule has 3 heteroatoms. The van der Waals surface area contributed by atoms with Gasteiger partial charge in [-0.2, -0.15) is 0 Å². The first-order valence-electron chi connectivity index (χ1n) is 10.6. The molecule has 0 saturated heterocycles. The van der Waals surface area contributed by atoms with Gasteiger partial charge >= 0.3 is 0 Å². The average Bonchev–Trinajstić information content (AvgIpc) is 2.97. The van der Waals surface area contributed by atoms with Gasteiger partial charge in [-0.15, -0.1) is 0 Å². The number of hydrogen-bond donors (Lipinski definition) is 0. The lowest BCUT2D eigenvalue weighted by molar-refractivity contribution is -0.129. The lowest BCUT2D eigenvalue weighted by Gasteiger charge is -2.56. The van der Waals surface area contributed by atoms with Crippen molar-refractivity contribution in [3.05, 3.63) is 0 Å². The molecule has 0 N–H and O–H groups in total. The van der Waals surface area contributed by atoms with Gasteiger partial charge in [-0.3, -0.25) is 4.79 Å². The molecule has 4 aliphatic carbocycles. The summed E-state index contributed by atoms with van der Waals surface area (Å²) < 4.78 is 5.85. The summed E-state index contributed by atoms with van der Waals surface area (Å²) in [5.41, 5.74) is 0.279. The Bertz CT molecular complexity index is 520. The van der Waals surface area contributed by atoms with Gasteiger partial charge in [0.05, 0.1) is 11.4 Å². The van der Waals surface area contributed by atoms with Gasteiger partial charge in [0.1, 0.15) is 5.78 Å². The third kappa shape index (κ3) is 2.87. The first-order valence-corrected chi connectivity index (χ1v) is 11.7. The van der Waals surface area contributed by atoms with Crippen LogP contribution in [0.15, 0.2) is 0 Å². The maximum absolute atomic E-state index is 12.5. The fourth-order valence-electron chi connectivity index (χ4n) is 7.97.